The van der Waals surface area contributed by atoms with Gasteiger partial charge >= 0.3 is 6.61 Å². The predicted octanol–water partition coefficient (Wildman–Crippen LogP) is 4.79. The summed E-state index contributed by atoms with van der Waals surface area (Å²) in [4.78, 5) is 17.6. The standard InChI is InChI=1S/C24H21F2N5O2/c1-14-13-20(21-16(3)30-31(22(21)27-14)18-7-5-4-6-8-18)23(32)29-28-15(2)17-9-11-19(12-10-17)33-24(25)26/h4-13,24H,1-3H3,(H,29,32). The molecular weight excluding hydrogens is 428 g/mol. The number of fused-ring (bicyclic) bond motifs is 1. The molecule has 0 radical (unpaired) electrons. The number of carbonyl (C=O) groups is 1. The van der Waals surface area contributed by atoms with Gasteiger partial charge in [0.05, 0.1) is 28.0 Å². The maximum absolute atomic E-state index is 13.0. The molecule has 2 heterocycles. The van der Waals surface area contributed by atoms with Crippen LogP contribution in [0, 0.1) is 13.8 Å². The topological polar surface area (TPSA) is 81.4 Å². The van der Waals surface area contributed by atoms with Crippen molar-refractivity contribution in [1.82, 2.24) is 20.2 Å². The lowest BCUT2D eigenvalue weighted by Gasteiger charge is -2.08. The van der Waals surface area contributed by atoms with E-state index in [9.17, 15) is 13.6 Å². The minimum Gasteiger partial charge on any atom is -0.435 e. The van der Waals surface area contributed by atoms with E-state index in [0.29, 0.717) is 39.3 Å². The largest absolute Gasteiger partial charge is 0.435 e. The number of nitrogens with zero attached hydrogens (tertiary/aromatic N) is 4. The van der Waals surface area contributed by atoms with Crippen LogP contribution in [0.5, 0.6) is 5.75 Å². The third kappa shape index (κ3) is 4.72. The first-order chi connectivity index (χ1) is 15.8. The molecule has 33 heavy (non-hydrogen) atoms. The fourth-order valence-electron chi connectivity index (χ4n) is 3.48. The van der Waals surface area contributed by atoms with Crippen LogP contribution in [-0.2, 0) is 0 Å². The SMILES string of the molecule is CC(=NNC(=O)c1cc(C)nc2c1c(C)nn2-c1ccccc1)c1ccc(OC(F)F)cc1. The number of halogens is 2. The summed E-state index contributed by atoms with van der Waals surface area (Å²) in [6.45, 7) is 2.45. The third-order valence-corrected chi connectivity index (χ3v) is 5.01. The molecule has 2 aromatic carbocycles. The number of rotatable bonds is 6. The average Bonchev–Trinajstić information content (AvgIpc) is 3.13. The number of hydrogen-bond donors (Lipinski definition) is 1. The van der Waals surface area contributed by atoms with Crippen LogP contribution >= 0.6 is 0 Å². The zero-order valence-corrected chi connectivity index (χ0v) is 18.2. The highest BCUT2D eigenvalue weighted by molar-refractivity contribution is 6.07. The molecule has 168 valence electrons. The predicted molar refractivity (Wildman–Crippen MR) is 121 cm³/mol. The molecule has 0 fully saturated rings. The normalized spacial score (nSPS) is 11.8. The molecule has 1 amide bonds. The molecule has 9 heteroatoms. The molecule has 0 aliphatic rings. The summed E-state index contributed by atoms with van der Waals surface area (Å²) >= 11 is 0. The Hall–Kier alpha value is -4.14. The van der Waals surface area contributed by atoms with E-state index in [4.69, 9.17) is 0 Å². The third-order valence-electron chi connectivity index (χ3n) is 5.01. The summed E-state index contributed by atoms with van der Waals surface area (Å²) in [6, 6.07) is 17.3. The lowest BCUT2D eigenvalue weighted by Crippen LogP contribution is -2.20. The van der Waals surface area contributed by atoms with Crippen LogP contribution in [0.1, 0.15) is 34.2 Å². The maximum Gasteiger partial charge on any atom is 0.387 e. The number of carbonyl (C=O) groups excluding carboxylic acids is 1. The van der Waals surface area contributed by atoms with E-state index in [1.807, 2.05) is 44.2 Å². The quantitative estimate of drug-likeness (QED) is 0.339. The van der Waals surface area contributed by atoms with Gasteiger partial charge in [-0.05, 0) is 68.8 Å². The molecule has 0 saturated carbocycles. The highest BCUT2D eigenvalue weighted by Gasteiger charge is 2.19. The highest BCUT2D eigenvalue weighted by Crippen LogP contribution is 2.25. The lowest BCUT2D eigenvalue weighted by molar-refractivity contribution is -0.0498. The Morgan fingerprint density at radius 1 is 1.09 bits per heavy atom. The molecule has 2 aromatic heterocycles. The number of hydrogen-bond acceptors (Lipinski definition) is 5. The van der Waals surface area contributed by atoms with Gasteiger partial charge in [0.25, 0.3) is 5.91 Å². The number of pyridine rings is 1. The van der Waals surface area contributed by atoms with Crippen molar-refractivity contribution in [3.05, 3.63) is 83.2 Å². The number of hydrazone groups is 1. The first-order valence-corrected chi connectivity index (χ1v) is 10.2. The van der Waals surface area contributed by atoms with Gasteiger partial charge in [-0.2, -0.15) is 19.0 Å². The van der Waals surface area contributed by atoms with E-state index in [0.717, 1.165) is 5.69 Å². The van der Waals surface area contributed by atoms with E-state index in [-0.39, 0.29) is 5.75 Å². The van der Waals surface area contributed by atoms with Crippen molar-refractivity contribution in [2.75, 3.05) is 0 Å². The summed E-state index contributed by atoms with van der Waals surface area (Å²) in [5, 5.41) is 9.40. The van der Waals surface area contributed by atoms with Crippen molar-refractivity contribution in [2.24, 2.45) is 5.10 Å². The number of aryl methyl sites for hydroxylation is 2. The van der Waals surface area contributed by atoms with Crippen molar-refractivity contribution in [2.45, 2.75) is 27.4 Å². The van der Waals surface area contributed by atoms with Gasteiger partial charge in [0.15, 0.2) is 5.65 Å². The summed E-state index contributed by atoms with van der Waals surface area (Å²) in [7, 11) is 0. The Balaban J connectivity index is 1.62. The molecule has 0 aliphatic carbocycles. The van der Waals surface area contributed by atoms with Crippen LogP contribution in [0.4, 0.5) is 8.78 Å². The lowest BCUT2D eigenvalue weighted by atomic mass is 10.1. The zero-order chi connectivity index (χ0) is 23.5. The zero-order valence-electron chi connectivity index (χ0n) is 18.2. The van der Waals surface area contributed by atoms with Gasteiger partial charge in [-0.1, -0.05) is 18.2 Å². The van der Waals surface area contributed by atoms with Crippen molar-refractivity contribution in [1.29, 1.82) is 0 Å². The van der Waals surface area contributed by atoms with Gasteiger partial charge in [0.1, 0.15) is 5.75 Å². The fraction of sp³-hybridized carbons (Fsp3) is 0.167. The number of amides is 1. The van der Waals surface area contributed by atoms with E-state index < -0.39 is 12.5 Å². The van der Waals surface area contributed by atoms with Crippen molar-refractivity contribution in [3.8, 4) is 11.4 Å². The van der Waals surface area contributed by atoms with E-state index in [2.05, 4.69) is 25.3 Å². The van der Waals surface area contributed by atoms with Gasteiger partial charge in [-0.15, -0.1) is 0 Å². The van der Waals surface area contributed by atoms with Crippen LogP contribution < -0.4 is 10.2 Å². The van der Waals surface area contributed by atoms with Gasteiger partial charge in [0, 0.05) is 5.69 Å². The van der Waals surface area contributed by atoms with Crippen molar-refractivity contribution in [3.63, 3.8) is 0 Å². The minimum absolute atomic E-state index is 0.0474. The number of nitrogens with one attached hydrogen (secondary N) is 1. The molecule has 1 N–H and O–H groups in total. The monoisotopic (exact) mass is 449 g/mol. The Labute approximate surface area is 188 Å². The summed E-state index contributed by atoms with van der Waals surface area (Å²) in [6.07, 6.45) is 0. The smallest absolute Gasteiger partial charge is 0.387 e. The minimum atomic E-state index is -2.89. The summed E-state index contributed by atoms with van der Waals surface area (Å²) in [5.41, 5.74) is 6.90. The second kappa shape index (κ2) is 9.15. The molecule has 0 unspecified atom stereocenters. The fourth-order valence-corrected chi connectivity index (χ4v) is 3.48. The number of ether oxygens (including phenoxy) is 1. The Kier molecular flexibility index (Phi) is 6.12. The van der Waals surface area contributed by atoms with Gasteiger partial charge in [-0.3, -0.25) is 4.79 Å². The molecular formula is C24H21F2N5O2. The first-order valence-electron chi connectivity index (χ1n) is 10.2. The van der Waals surface area contributed by atoms with E-state index >= 15 is 0 Å². The van der Waals surface area contributed by atoms with Crippen LogP contribution in [0.15, 0.2) is 65.8 Å². The molecule has 0 saturated heterocycles. The van der Waals surface area contributed by atoms with Crippen LogP contribution in [0.3, 0.4) is 0 Å². The molecule has 0 spiro atoms. The Bertz CT molecular complexity index is 1330. The van der Waals surface area contributed by atoms with Gasteiger partial charge in [-0.25, -0.2) is 15.1 Å². The Morgan fingerprint density at radius 2 is 1.79 bits per heavy atom. The number of alkyl halides is 2. The second-order valence-corrected chi connectivity index (χ2v) is 7.38. The average molecular weight is 449 g/mol. The molecule has 4 rings (SSSR count). The van der Waals surface area contributed by atoms with Crippen molar-refractivity contribution < 1.29 is 18.3 Å². The number of aromatic nitrogens is 3. The van der Waals surface area contributed by atoms with Crippen LogP contribution in [0.2, 0.25) is 0 Å². The number of para-hydroxylation sites is 1. The van der Waals surface area contributed by atoms with Crippen molar-refractivity contribution >= 4 is 22.7 Å². The molecule has 0 bridgehead atoms. The molecule has 0 atom stereocenters. The Morgan fingerprint density at radius 3 is 2.45 bits per heavy atom. The summed E-state index contributed by atoms with van der Waals surface area (Å²) < 4.78 is 30.7. The molecule has 0 aliphatic heterocycles. The molecule has 4 aromatic rings. The molecule has 7 nitrogen and oxygen atoms in total. The first kappa shape index (κ1) is 22.1. The maximum atomic E-state index is 13.0. The van der Waals surface area contributed by atoms with E-state index in [1.165, 1.54) is 12.1 Å². The van der Waals surface area contributed by atoms with E-state index in [1.54, 1.807) is 29.8 Å². The van der Waals surface area contributed by atoms with Gasteiger partial charge < -0.3 is 4.74 Å². The highest BCUT2D eigenvalue weighted by atomic mass is 19.3. The van der Waals surface area contributed by atoms with Crippen LogP contribution in [-0.4, -0.2) is 33.0 Å². The van der Waals surface area contributed by atoms with Crippen LogP contribution in [0.25, 0.3) is 16.7 Å². The number of benzene rings is 2. The van der Waals surface area contributed by atoms with Gasteiger partial charge in [0.2, 0.25) is 0 Å². The summed E-state index contributed by atoms with van der Waals surface area (Å²) in [5.74, 6) is -0.357. The second-order valence-electron chi connectivity index (χ2n) is 7.38.